The molecule has 0 aliphatic carbocycles. The topological polar surface area (TPSA) is 62.2 Å². The maximum absolute atomic E-state index is 13.9. The van der Waals surface area contributed by atoms with Crippen LogP contribution in [-0.2, 0) is 5.54 Å². The zero-order chi connectivity index (χ0) is 14.9. The minimum absolute atomic E-state index is 0.104. The van der Waals surface area contributed by atoms with E-state index in [1.807, 2.05) is 0 Å². The van der Waals surface area contributed by atoms with Crippen molar-refractivity contribution in [3.8, 4) is 0 Å². The van der Waals surface area contributed by atoms with Crippen LogP contribution in [0.5, 0.6) is 0 Å². The lowest BCUT2D eigenvalue weighted by atomic mass is 10.1. The molecule has 0 unspecified atom stereocenters. The molecular weight excluding hydrogens is 286 g/mol. The Bertz CT molecular complexity index is 642. The van der Waals surface area contributed by atoms with Crippen LogP contribution in [0.3, 0.4) is 0 Å². The van der Waals surface area contributed by atoms with E-state index >= 15 is 0 Å². The average Bonchev–Trinajstić information content (AvgIpc) is 2.89. The number of rotatable bonds is 4. The van der Waals surface area contributed by atoms with E-state index in [0.29, 0.717) is 5.01 Å². The van der Waals surface area contributed by atoms with Crippen molar-refractivity contribution in [2.24, 2.45) is 0 Å². The van der Waals surface area contributed by atoms with Crippen molar-refractivity contribution in [2.75, 3.05) is 5.32 Å². The maximum Gasteiger partial charge on any atom is 0.338 e. The number of halogens is 2. The number of carbonyl (C=O) groups is 1. The van der Waals surface area contributed by atoms with Gasteiger partial charge in [-0.3, -0.25) is 0 Å². The third-order valence-electron chi connectivity index (χ3n) is 2.73. The van der Waals surface area contributed by atoms with Gasteiger partial charge in [-0.1, -0.05) is 0 Å². The molecule has 0 spiro atoms. The molecule has 1 aromatic heterocycles. The second-order valence-corrected chi connectivity index (χ2v) is 5.58. The zero-order valence-electron chi connectivity index (χ0n) is 10.8. The van der Waals surface area contributed by atoms with Gasteiger partial charge in [-0.15, -0.1) is 11.3 Å². The van der Waals surface area contributed by atoms with E-state index in [1.54, 1.807) is 25.4 Å². The van der Waals surface area contributed by atoms with Gasteiger partial charge < -0.3 is 10.4 Å². The molecule has 2 aromatic rings. The third-order valence-corrected chi connectivity index (χ3v) is 3.82. The van der Waals surface area contributed by atoms with Gasteiger partial charge in [0.2, 0.25) is 0 Å². The number of hydrogen-bond acceptors (Lipinski definition) is 4. The molecule has 0 bridgehead atoms. The van der Waals surface area contributed by atoms with Gasteiger partial charge in [-0.05, 0) is 26.0 Å². The quantitative estimate of drug-likeness (QED) is 0.907. The highest BCUT2D eigenvalue weighted by molar-refractivity contribution is 7.09. The van der Waals surface area contributed by atoms with Gasteiger partial charge in [-0.25, -0.2) is 18.6 Å². The molecular formula is C13H12F2N2O2S. The molecule has 7 heteroatoms. The predicted molar refractivity (Wildman–Crippen MR) is 72.1 cm³/mol. The summed E-state index contributed by atoms with van der Waals surface area (Å²) in [6.45, 7) is 3.54. The maximum atomic E-state index is 13.9. The molecule has 0 atom stereocenters. The Labute approximate surface area is 118 Å². The molecule has 0 saturated heterocycles. The summed E-state index contributed by atoms with van der Waals surface area (Å²) >= 11 is 1.38. The van der Waals surface area contributed by atoms with Gasteiger partial charge in [0.05, 0.1) is 16.8 Å². The van der Waals surface area contributed by atoms with Crippen molar-refractivity contribution in [2.45, 2.75) is 19.4 Å². The minimum Gasteiger partial charge on any atom is -0.478 e. The second-order valence-electron chi connectivity index (χ2n) is 4.68. The first-order chi connectivity index (χ1) is 9.33. The highest BCUT2D eigenvalue weighted by Crippen LogP contribution is 2.30. The largest absolute Gasteiger partial charge is 0.478 e. The summed E-state index contributed by atoms with van der Waals surface area (Å²) in [5.41, 5.74) is -1.50. The SMILES string of the molecule is CC(C)(Nc1ccc(C(=O)O)c(F)c1F)c1nccs1. The summed E-state index contributed by atoms with van der Waals surface area (Å²) in [7, 11) is 0. The molecule has 0 radical (unpaired) electrons. The molecule has 0 aliphatic heterocycles. The van der Waals surface area contributed by atoms with Crippen LogP contribution in [0.4, 0.5) is 14.5 Å². The Morgan fingerprint density at radius 1 is 1.35 bits per heavy atom. The number of thiazole rings is 1. The van der Waals surface area contributed by atoms with E-state index in [1.165, 1.54) is 17.4 Å². The summed E-state index contributed by atoms with van der Waals surface area (Å²) in [5, 5.41) is 14.1. The van der Waals surface area contributed by atoms with E-state index in [0.717, 1.165) is 6.07 Å². The fraction of sp³-hybridized carbons (Fsp3) is 0.231. The van der Waals surface area contributed by atoms with Gasteiger partial charge in [0.1, 0.15) is 5.01 Å². The molecule has 106 valence electrons. The van der Waals surface area contributed by atoms with Crippen LogP contribution in [0.15, 0.2) is 23.7 Å². The Kier molecular flexibility index (Phi) is 3.71. The number of benzene rings is 1. The van der Waals surface area contributed by atoms with Crippen LogP contribution < -0.4 is 5.32 Å². The lowest BCUT2D eigenvalue weighted by Crippen LogP contribution is -2.28. The van der Waals surface area contributed by atoms with Crippen molar-refractivity contribution in [3.63, 3.8) is 0 Å². The van der Waals surface area contributed by atoms with Crippen LogP contribution in [0.25, 0.3) is 0 Å². The average molecular weight is 298 g/mol. The summed E-state index contributed by atoms with van der Waals surface area (Å²) in [6.07, 6.45) is 1.62. The number of carboxylic acid groups (broad SMARTS) is 1. The molecule has 0 saturated carbocycles. The Morgan fingerprint density at radius 2 is 2.05 bits per heavy atom. The second kappa shape index (κ2) is 5.16. The number of anilines is 1. The van der Waals surface area contributed by atoms with Crippen molar-refractivity contribution in [3.05, 3.63) is 45.9 Å². The van der Waals surface area contributed by atoms with E-state index in [4.69, 9.17) is 5.11 Å². The van der Waals surface area contributed by atoms with E-state index in [-0.39, 0.29) is 5.69 Å². The highest BCUT2D eigenvalue weighted by Gasteiger charge is 2.26. The predicted octanol–water partition coefficient (Wildman–Crippen LogP) is 3.47. The number of hydrogen-bond donors (Lipinski definition) is 2. The van der Waals surface area contributed by atoms with Crippen LogP contribution in [0, 0.1) is 11.6 Å². The van der Waals surface area contributed by atoms with E-state index in [2.05, 4.69) is 10.3 Å². The van der Waals surface area contributed by atoms with Crippen LogP contribution >= 0.6 is 11.3 Å². The third kappa shape index (κ3) is 2.62. The summed E-state index contributed by atoms with van der Waals surface area (Å²) in [5.74, 6) is -4.10. The van der Waals surface area contributed by atoms with Gasteiger partial charge in [0.25, 0.3) is 0 Å². The highest BCUT2D eigenvalue weighted by atomic mass is 32.1. The number of nitrogens with zero attached hydrogens (tertiary/aromatic N) is 1. The molecule has 4 nitrogen and oxygen atoms in total. The molecule has 0 fully saturated rings. The zero-order valence-corrected chi connectivity index (χ0v) is 11.6. The monoisotopic (exact) mass is 298 g/mol. The fourth-order valence-electron chi connectivity index (χ4n) is 1.73. The lowest BCUT2D eigenvalue weighted by Gasteiger charge is -2.25. The van der Waals surface area contributed by atoms with Crippen molar-refractivity contribution < 1.29 is 18.7 Å². The van der Waals surface area contributed by atoms with Crippen LogP contribution in [0.1, 0.15) is 29.2 Å². The van der Waals surface area contributed by atoms with Crippen LogP contribution in [0.2, 0.25) is 0 Å². The summed E-state index contributed by atoms with van der Waals surface area (Å²) in [6, 6.07) is 2.23. The van der Waals surface area contributed by atoms with Gasteiger partial charge in [-0.2, -0.15) is 0 Å². The van der Waals surface area contributed by atoms with Crippen molar-refractivity contribution >= 4 is 23.0 Å². The summed E-state index contributed by atoms with van der Waals surface area (Å²) < 4.78 is 27.5. The van der Waals surface area contributed by atoms with E-state index < -0.39 is 28.7 Å². The van der Waals surface area contributed by atoms with Crippen LogP contribution in [-0.4, -0.2) is 16.1 Å². The first kappa shape index (κ1) is 14.4. The molecule has 20 heavy (non-hydrogen) atoms. The Hall–Kier alpha value is -2.02. The normalized spacial score (nSPS) is 11.4. The fourth-order valence-corrected chi connectivity index (χ4v) is 2.45. The standard InChI is InChI=1S/C13H12F2N2O2S/c1-13(2,12-16-5-6-20-12)17-8-4-3-7(11(18)19)9(14)10(8)15/h3-6,17H,1-2H3,(H,18,19). The van der Waals surface area contributed by atoms with E-state index in [9.17, 15) is 13.6 Å². The number of aromatic carboxylic acids is 1. The first-order valence-electron chi connectivity index (χ1n) is 5.72. The molecule has 1 heterocycles. The van der Waals surface area contributed by atoms with Gasteiger partial charge in [0, 0.05) is 11.6 Å². The number of carboxylic acids is 1. The van der Waals surface area contributed by atoms with Crippen molar-refractivity contribution in [1.82, 2.24) is 4.98 Å². The minimum atomic E-state index is -1.51. The van der Waals surface area contributed by atoms with Gasteiger partial charge >= 0.3 is 5.97 Å². The summed E-state index contributed by atoms with van der Waals surface area (Å²) in [4.78, 5) is 14.8. The molecule has 1 aromatic carbocycles. The Balaban J connectivity index is 2.36. The number of nitrogens with one attached hydrogen (secondary N) is 1. The Morgan fingerprint density at radius 3 is 2.60 bits per heavy atom. The number of aromatic nitrogens is 1. The molecule has 2 N–H and O–H groups in total. The lowest BCUT2D eigenvalue weighted by molar-refractivity contribution is 0.0690. The first-order valence-corrected chi connectivity index (χ1v) is 6.60. The molecule has 2 rings (SSSR count). The van der Waals surface area contributed by atoms with Gasteiger partial charge in [0.15, 0.2) is 11.6 Å². The smallest absolute Gasteiger partial charge is 0.338 e. The molecule has 0 aliphatic rings. The molecule has 0 amide bonds. The van der Waals surface area contributed by atoms with Crippen molar-refractivity contribution in [1.29, 1.82) is 0 Å².